The van der Waals surface area contributed by atoms with E-state index in [0.29, 0.717) is 23.9 Å². The van der Waals surface area contributed by atoms with Crippen LogP contribution in [0.2, 0.25) is 0 Å². The molecule has 4 rings (SSSR count). The van der Waals surface area contributed by atoms with Gasteiger partial charge in [-0.3, -0.25) is 9.78 Å². The lowest BCUT2D eigenvalue weighted by molar-refractivity contribution is -0.134. The van der Waals surface area contributed by atoms with E-state index < -0.39 is 0 Å². The lowest BCUT2D eigenvalue weighted by atomic mass is 10.0. The molecule has 4 heteroatoms. The SMILES string of the molecule is CN1CCC[C@@H]1[C@@H]1CCCN1C(=O)[C@@H]1C[C@H]1c1cccnc1. The number of hydrogen-bond acceptors (Lipinski definition) is 3. The molecule has 2 saturated heterocycles. The van der Waals surface area contributed by atoms with Crippen LogP contribution < -0.4 is 0 Å². The summed E-state index contributed by atoms with van der Waals surface area (Å²) in [5, 5.41) is 0. The normalized spacial score (nSPS) is 35.0. The van der Waals surface area contributed by atoms with Crippen molar-refractivity contribution < 1.29 is 4.79 Å². The first kappa shape index (κ1) is 14.2. The Morgan fingerprint density at radius 3 is 2.77 bits per heavy atom. The van der Waals surface area contributed by atoms with Crippen LogP contribution in [0, 0.1) is 5.92 Å². The molecular formula is C18H25N3O. The van der Waals surface area contributed by atoms with Gasteiger partial charge in [-0.25, -0.2) is 0 Å². The van der Waals surface area contributed by atoms with Gasteiger partial charge < -0.3 is 9.80 Å². The summed E-state index contributed by atoms with van der Waals surface area (Å²) in [5.41, 5.74) is 1.23. The number of pyridine rings is 1. The molecule has 1 aromatic heterocycles. The Morgan fingerprint density at radius 2 is 2.05 bits per heavy atom. The van der Waals surface area contributed by atoms with Crippen LogP contribution in [0.3, 0.4) is 0 Å². The molecule has 3 heterocycles. The fraction of sp³-hybridized carbons (Fsp3) is 0.667. The van der Waals surface area contributed by atoms with Crippen molar-refractivity contribution in [2.45, 2.75) is 50.1 Å². The predicted molar refractivity (Wildman–Crippen MR) is 85.5 cm³/mol. The summed E-state index contributed by atoms with van der Waals surface area (Å²) >= 11 is 0. The number of likely N-dealkylation sites (N-methyl/N-ethyl adjacent to an activating group) is 1. The number of rotatable bonds is 3. The maximum atomic E-state index is 13.0. The fourth-order valence-corrected chi connectivity index (χ4v) is 4.53. The van der Waals surface area contributed by atoms with Crippen LogP contribution in [0.4, 0.5) is 0 Å². The van der Waals surface area contributed by atoms with Gasteiger partial charge in [0.2, 0.25) is 5.91 Å². The Bertz CT molecular complexity index is 547. The van der Waals surface area contributed by atoms with E-state index >= 15 is 0 Å². The van der Waals surface area contributed by atoms with Crippen LogP contribution in [-0.2, 0) is 4.79 Å². The van der Waals surface area contributed by atoms with Gasteiger partial charge in [-0.1, -0.05) is 6.07 Å². The van der Waals surface area contributed by atoms with Gasteiger partial charge in [0.1, 0.15) is 0 Å². The molecule has 3 fully saturated rings. The highest BCUT2D eigenvalue weighted by molar-refractivity contribution is 5.83. The number of carbonyl (C=O) groups is 1. The van der Waals surface area contributed by atoms with Gasteiger partial charge in [-0.05, 0) is 63.2 Å². The molecule has 0 radical (unpaired) electrons. The molecule has 0 N–H and O–H groups in total. The van der Waals surface area contributed by atoms with Crippen LogP contribution in [0.1, 0.15) is 43.6 Å². The number of likely N-dealkylation sites (tertiary alicyclic amines) is 2. The van der Waals surface area contributed by atoms with Crippen molar-refractivity contribution in [1.82, 2.24) is 14.8 Å². The van der Waals surface area contributed by atoms with E-state index in [-0.39, 0.29) is 5.92 Å². The van der Waals surface area contributed by atoms with Gasteiger partial charge in [-0.15, -0.1) is 0 Å². The molecule has 0 aromatic carbocycles. The number of carbonyl (C=O) groups excluding carboxylic acids is 1. The van der Waals surface area contributed by atoms with Gasteiger partial charge in [0.15, 0.2) is 0 Å². The molecule has 4 atom stereocenters. The van der Waals surface area contributed by atoms with Gasteiger partial charge >= 0.3 is 0 Å². The van der Waals surface area contributed by atoms with Crippen molar-refractivity contribution in [3.63, 3.8) is 0 Å². The molecule has 1 aliphatic carbocycles. The summed E-state index contributed by atoms with van der Waals surface area (Å²) in [4.78, 5) is 21.8. The molecule has 3 aliphatic rings. The molecule has 0 unspecified atom stereocenters. The Labute approximate surface area is 132 Å². The van der Waals surface area contributed by atoms with Crippen LogP contribution in [0.5, 0.6) is 0 Å². The van der Waals surface area contributed by atoms with Crippen LogP contribution in [0.25, 0.3) is 0 Å². The van der Waals surface area contributed by atoms with Crippen molar-refractivity contribution in [3.05, 3.63) is 30.1 Å². The first-order valence-corrected chi connectivity index (χ1v) is 8.66. The molecule has 1 aromatic rings. The zero-order chi connectivity index (χ0) is 15.1. The summed E-state index contributed by atoms with van der Waals surface area (Å²) in [7, 11) is 2.22. The van der Waals surface area contributed by atoms with Crippen molar-refractivity contribution in [3.8, 4) is 0 Å². The van der Waals surface area contributed by atoms with E-state index in [1.54, 1.807) is 6.20 Å². The number of hydrogen-bond donors (Lipinski definition) is 0. The average molecular weight is 299 g/mol. The van der Waals surface area contributed by atoms with E-state index in [1.807, 2.05) is 12.3 Å². The summed E-state index contributed by atoms with van der Waals surface area (Å²) in [5.74, 6) is 1.01. The third-order valence-corrected chi connectivity index (χ3v) is 5.82. The number of nitrogens with zero attached hydrogens (tertiary/aromatic N) is 3. The molecule has 0 bridgehead atoms. The highest BCUT2D eigenvalue weighted by Crippen LogP contribution is 2.49. The highest BCUT2D eigenvalue weighted by Gasteiger charge is 2.49. The molecule has 0 spiro atoms. The average Bonchev–Trinajstić information content (AvgIpc) is 3.00. The zero-order valence-electron chi connectivity index (χ0n) is 13.3. The Hall–Kier alpha value is -1.42. The first-order chi connectivity index (χ1) is 10.8. The molecule has 1 saturated carbocycles. The molecule has 118 valence electrons. The maximum Gasteiger partial charge on any atom is 0.226 e. The van der Waals surface area contributed by atoms with Gasteiger partial charge in [0.05, 0.1) is 0 Å². The second-order valence-corrected chi connectivity index (χ2v) is 7.17. The van der Waals surface area contributed by atoms with Crippen LogP contribution in [-0.4, -0.2) is 52.9 Å². The molecule has 22 heavy (non-hydrogen) atoms. The Balaban J connectivity index is 1.44. The van der Waals surface area contributed by atoms with Crippen molar-refractivity contribution in [2.24, 2.45) is 5.92 Å². The maximum absolute atomic E-state index is 13.0. The van der Waals surface area contributed by atoms with E-state index in [2.05, 4.69) is 27.9 Å². The number of amides is 1. The van der Waals surface area contributed by atoms with E-state index in [0.717, 1.165) is 13.0 Å². The standard InChI is InChI=1S/C18H25N3O/c1-20-9-3-6-16(20)17-7-4-10-21(17)18(22)15-11-14(15)13-5-2-8-19-12-13/h2,5,8,12,14-17H,3-4,6-7,9-11H2,1H3/t14-,15+,16+,17-/m0/s1. The highest BCUT2D eigenvalue weighted by atomic mass is 16.2. The van der Waals surface area contributed by atoms with E-state index in [1.165, 1.54) is 37.8 Å². The summed E-state index contributed by atoms with van der Waals surface area (Å²) < 4.78 is 0. The van der Waals surface area contributed by atoms with Gasteiger partial charge in [0.25, 0.3) is 0 Å². The second-order valence-electron chi connectivity index (χ2n) is 7.17. The fourth-order valence-electron chi connectivity index (χ4n) is 4.53. The minimum Gasteiger partial charge on any atom is -0.338 e. The largest absolute Gasteiger partial charge is 0.338 e. The zero-order valence-corrected chi connectivity index (χ0v) is 13.3. The Kier molecular flexibility index (Phi) is 3.65. The minimum atomic E-state index is 0.205. The topological polar surface area (TPSA) is 36.4 Å². The smallest absolute Gasteiger partial charge is 0.226 e. The lowest BCUT2D eigenvalue weighted by Crippen LogP contribution is -2.47. The van der Waals surface area contributed by atoms with Crippen molar-refractivity contribution >= 4 is 5.91 Å². The van der Waals surface area contributed by atoms with Crippen molar-refractivity contribution in [1.29, 1.82) is 0 Å². The third-order valence-electron chi connectivity index (χ3n) is 5.82. The molecule has 2 aliphatic heterocycles. The van der Waals surface area contributed by atoms with Gasteiger partial charge in [0, 0.05) is 36.9 Å². The van der Waals surface area contributed by atoms with Crippen molar-refractivity contribution in [2.75, 3.05) is 20.1 Å². The summed E-state index contributed by atoms with van der Waals surface area (Å²) in [6.07, 6.45) is 9.62. The third kappa shape index (κ3) is 2.43. The Morgan fingerprint density at radius 1 is 1.23 bits per heavy atom. The molecule has 1 amide bonds. The first-order valence-electron chi connectivity index (χ1n) is 8.66. The van der Waals surface area contributed by atoms with Crippen LogP contribution in [0.15, 0.2) is 24.5 Å². The van der Waals surface area contributed by atoms with E-state index in [9.17, 15) is 4.79 Å². The number of aromatic nitrogens is 1. The minimum absolute atomic E-state index is 0.205. The lowest BCUT2D eigenvalue weighted by Gasteiger charge is -2.33. The van der Waals surface area contributed by atoms with E-state index in [4.69, 9.17) is 0 Å². The van der Waals surface area contributed by atoms with Gasteiger partial charge in [-0.2, -0.15) is 0 Å². The monoisotopic (exact) mass is 299 g/mol. The predicted octanol–water partition coefficient (Wildman–Crippen LogP) is 2.27. The quantitative estimate of drug-likeness (QED) is 0.859. The molecular weight excluding hydrogens is 274 g/mol. The van der Waals surface area contributed by atoms with Crippen LogP contribution >= 0.6 is 0 Å². The molecule has 4 nitrogen and oxygen atoms in total. The summed E-state index contributed by atoms with van der Waals surface area (Å²) in [6, 6.07) is 5.12. The second kappa shape index (κ2) is 5.65. The summed E-state index contributed by atoms with van der Waals surface area (Å²) in [6.45, 7) is 2.15.